The summed E-state index contributed by atoms with van der Waals surface area (Å²) in [5.41, 5.74) is -3.59. The van der Waals surface area contributed by atoms with E-state index in [-0.39, 0.29) is 0 Å². The first-order valence-corrected chi connectivity index (χ1v) is 5.04. The van der Waals surface area contributed by atoms with E-state index in [2.05, 4.69) is 0 Å². The Morgan fingerprint density at radius 3 is 2.28 bits per heavy atom. The minimum atomic E-state index is -4.64. The lowest BCUT2D eigenvalue weighted by Crippen LogP contribution is -2.28. The lowest BCUT2D eigenvalue weighted by molar-refractivity contribution is -0.137. The van der Waals surface area contributed by atoms with Crippen LogP contribution in [0.2, 0.25) is 0 Å². The van der Waals surface area contributed by atoms with Gasteiger partial charge in [0.2, 0.25) is 0 Å². The van der Waals surface area contributed by atoms with Gasteiger partial charge in [0, 0.05) is 6.20 Å². The molecule has 18 heavy (non-hydrogen) atoms. The summed E-state index contributed by atoms with van der Waals surface area (Å²) in [5.74, 6) is -1.09. The number of pyridine rings is 1. The number of nitrogens with one attached hydrogen (secondary N) is 1. The van der Waals surface area contributed by atoms with Gasteiger partial charge in [-0.15, -0.1) is 0 Å². The molecule has 0 bridgehead atoms. The average molecular weight is 263 g/mol. The number of aromatic nitrogens is 1. The van der Waals surface area contributed by atoms with E-state index in [1.807, 2.05) is 4.98 Å². The van der Waals surface area contributed by atoms with Crippen molar-refractivity contribution in [3.63, 3.8) is 0 Å². The van der Waals surface area contributed by atoms with Gasteiger partial charge in [-0.05, 0) is 26.8 Å². The number of hydrogen-bond acceptors (Lipinski definition) is 3. The molecule has 1 aromatic heterocycles. The van der Waals surface area contributed by atoms with Gasteiger partial charge in [-0.1, -0.05) is 0 Å². The van der Waals surface area contributed by atoms with Gasteiger partial charge in [0.1, 0.15) is 11.2 Å². The molecular weight excluding hydrogens is 251 g/mol. The largest absolute Gasteiger partial charge is 0.456 e. The molecule has 0 saturated heterocycles. The number of alkyl halides is 3. The molecule has 100 valence electrons. The summed E-state index contributed by atoms with van der Waals surface area (Å²) in [6.45, 7) is 4.64. The summed E-state index contributed by atoms with van der Waals surface area (Å²) in [7, 11) is 0. The molecule has 0 aromatic carbocycles. The van der Waals surface area contributed by atoms with E-state index in [9.17, 15) is 22.8 Å². The van der Waals surface area contributed by atoms with Crippen LogP contribution < -0.4 is 5.56 Å². The lowest BCUT2D eigenvalue weighted by atomic mass is 10.1. The van der Waals surface area contributed by atoms with E-state index >= 15 is 0 Å². The number of H-pyrrole nitrogens is 1. The standard InChI is InChI=1S/C11H12F3NO3/c1-10(2,3)18-9(17)7-4-6(11(12,13)14)5-15-8(7)16/h4-5H,1-3H3,(H,15,16). The van der Waals surface area contributed by atoms with Gasteiger partial charge in [-0.25, -0.2) is 4.79 Å². The van der Waals surface area contributed by atoms with Crippen molar-refractivity contribution in [2.75, 3.05) is 0 Å². The summed E-state index contributed by atoms with van der Waals surface area (Å²) in [5, 5.41) is 0. The third kappa shape index (κ3) is 3.61. The molecule has 0 aliphatic rings. The number of carbonyl (C=O) groups excluding carboxylic acids is 1. The molecule has 0 saturated carbocycles. The molecule has 0 unspecified atom stereocenters. The fraction of sp³-hybridized carbons (Fsp3) is 0.455. The van der Waals surface area contributed by atoms with Crippen molar-refractivity contribution < 1.29 is 22.7 Å². The van der Waals surface area contributed by atoms with Crippen LogP contribution in [0.1, 0.15) is 36.7 Å². The molecule has 1 rings (SSSR count). The predicted octanol–water partition coefficient (Wildman–Crippen LogP) is 2.35. The fourth-order valence-electron chi connectivity index (χ4n) is 1.13. The zero-order valence-corrected chi connectivity index (χ0v) is 10.0. The Labute approximate surface area is 101 Å². The highest BCUT2D eigenvalue weighted by atomic mass is 19.4. The Morgan fingerprint density at radius 2 is 1.83 bits per heavy atom. The monoisotopic (exact) mass is 263 g/mol. The van der Waals surface area contributed by atoms with Crippen molar-refractivity contribution in [3.05, 3.63) is 33.7 Å². The highest BCUT2D eigenvalue weighted by molar-refractivity contribution is 5.89. The molecule has 7 heteroatoms. The first-order valence-electron chi connectivity index (χ1n) is 5.04. The maximum Gasteiger partial charge on any atom is 0.417 e. The minimum Gasteiger partial charge on any atom is -0.456 e. The number of ether oxygens (including phenoxy) is 1. The quantitative estimate of drug-likeness (QED) is 0.791. The molecular formula is C11H12F3NO3. The first-order chi connectivity index (χ1) is 8.00. The van der Waals surface area contributed by atoms with Crippen molar-refractivity contribution in [1.82, 2.24) is 4.98 Å². The molecule has 1 aromatic rings. The van der Waals surface area contributed by atoms with Crippen LogP contribution in [0.25, 0.3) is 0 Å². The first kappa shape index (κ1) is 14.3. The third-order valence-electron chi connectivity index (χ3n) is 1.85. The zero-order chi connectivity index (χ0) is 14.1. The number of aromatic amines is 1. The Bertz CT molecular complexity index is 511. The Morgan fingerprint density at radius 1 is 1.28 bits per heavy atom. The number of rotatable bonds is 1. The molecule has 0 radical (unpaired) electrons. The van der Waals surface area contributed by atoms with Crippen LogP contribution >= 0.6 is 0 Å². The van der Waals surface area contributed by atoms with Crippen LogP contribution in [0.5, 0.6) is 0 Å². The van der Waals surface area contributed by atoms with E-state index in [4.69, 9.17) is 4.74 Å². The molecule has 0 amide bonds. The van der Waals surface area contributed by atoms with Crippen molar-refractivity contribution in [1.29, 1.82) is 0 Å². The number of hydrogen-bond donors (Lipinski definition) is 1. The molecule has 0 aliphatic heterocycles. The van der Waals surface area contributed by atoms with Gasteiger partial charge in [0.25, 0.3) is 5.56 Å². The van der Waals surface area contributed by atoms with E-state index in [1.54, 1.807) is 20.8 Å². The van der Waals surface area contributed by atoms with E-state index < -0.39 is 34.4 Å². The van der Waals surface area contributed by atoms with Crippen molar-refractivity contribution in [2.24, 2.45) is 0 Å². The summed E-state index contributed by atoms with van der Waals surface area (Å²) in [6.07, 6.45) is -4.13. The van der Waals surface area contributed by atoms with Gasteiger partial charge in [0.05, 0.1) is 5.56 Å². The van der Waals surface area contributed by atoms with Crippen molar-refractivity contribution in [3.8, 4) is 0 Å². The normalized spacial score (nSPS) is 12.3. The summed E-state index contributed by atoms with van der Waals surface area (Å²) < 4.78 is 42.1. The molecule has 0 aliphatic carbocycles. The highest BCUT2D eigenvalue weighted by Gasteiger charge is 2.32. The maximum absolute atomic E-state index is 12.4. The predicted molar refractivity (Wildman–Crippen MR) is 57.2 cm³/mol. The van der Waals surface area contributed by atoms with Gasteiger partial charge >= 0.3 is 12.1 Å². The van der Waals surface area contributed by atoms with Gasteiger partial charge in [0.15, 0.2) is 0 Å². The Balaban J connectivity index is 3.17. The van der Waals surface area contributed by atoms with E-state index in [1.165, 1.54) is 0 Å². The molecule has 1 N–H and O–H groups in total. The molecule has 4 nitrogen and oxygen atoms in total. The van der Waals surface area contributed by atoms with E-state index in [0.717, 1.165) is 0 Å². The molecule has 0 atom stereocenters. The fourth-order valence-corrected chi connectivity index (χ4v) is 1.13. The second kappa shape index (κ2) is 4.47. The van der Waals surface area contributed by atoms with Crippen LogP contribution in [0.4, 0.5) is 13.2 Å². The SMILES string of the molecule is CC(C)(C)OC(=O)c1cc(C(F)(F)F)c[nH]c1=O. The smallest absolute Gasteiger partial charge is 0.417 e. The summed E-state index contributed by atoms with van der Waals surface area (Å²) in [6, 6.07) is 0.479. The molecule has 0 spiro atoms. The third-order valence-corrected chi connectivity index (χ3v) is 1.85. The van der Waals surface area contributed by atoms with Gasteiger partial charge < -0.3 is 9.72 Å². The van der Waals surface area contributed by atoms with E-state index in [0.29, 0.717) is 12.3 Å². The summed E-state index contributed by atoms with van der Waals surface area (Å²) in [4.78, 5) is 24.7. The topological polar surface area (TPSA) is 59.2 Å². The van der Waals surface area contributed by atoms with Crippen LogP contribution in [0.3, 0.4) is 0 Å². The van der Waals surface area contributed by atoms with Gasteiger partial charge in [-0.2, -0.15) is 13.2 Å². The molecule has 1 heterocycles. The van der Waals surface area contributed by atoms with Gasteiger partial charge in [-0.3, -0.25) is 4.79 Å². The van der Waals surface area contributed by atoms with Crippen LogP contribution in [-0.2, 0) is 10.9 Å². The minimum absolute atomic E-state index is 0.479. The van der Waals surface area contributed by atoms with Crippen LogP contribution in [-0.4, -0.2) is 16.6 Å². The summed E-state index contributed by atoms with van der Waals surface area (Å²) >= 11 is 0. The second-order valence-electron chi connectivity index (χ2n) is 4.63. The Hall–Kier alpha value is -1.79. The highest BCUT2D eigenvalue weighted by Crippen LogP contribution is 2.28. The maximum atomic E-state index is 12.4. The number of halogens is 3. The average Bonchev–Trinajstić information content (AvgIpc) is 2.13. The zero-order valence-electron chi connectivity index (χ0n) is 10.0. The Kier molecular flexibility index (Phi) is 3.54. The lowest BCUT2D eigenvalue weighted by Gasteiger charge is -2.19. The van der Waals surface area contributed by atoms with Crippen LogP contribution in [0, 0.1) is 0 Å². The number of carbonyl (C=O) groups is 1. The second-order valence-corrected chi connectivity index (χ2v) is 4.63. The van der Waals surface area contributed by atoms with Crippen molar-refractivity contribution >= 4 is 5.97 Å². The molecule has 0 fully saturated rings. The number of esters is 1. The van der Waals surface area contributed by atoms with Crippen molar-refractivity contribution in [2.45, 2.75) is 32.5 Å². The van der Waals surface area contributed by atoms with Crippen LogP contribution in [0.15, 0.2) is 17.1 Å².